The first kappa shape index (κ1) is 18.2. The Labute approximate surface area is 134 Å². The Bertz CT molecular complexity index is 712. The Balaban J connectivity index is 2.73. The topological polar surface area (TPSA) is 168 Å². The molecule has 0 bridgehead atoms. The normalized spacial score (nSPS) is 34.3. The molecule has 0 aromatic carbocycles. The van der Waals surface area contributed by atoms with Crippen molar-refractivity contribution in [2.75, 3.05) is 13.4 Å². The second-order valence-corrected chi connectivity index (χ2v) is 5.60. The van der Waals surface area contributed by atoms with Crippen molar-refractivity contribution in [1.82, 2.24) is 14.6 Å². The monoisotopic (exact) mass is 401 g/mol. The Morgan fingerprint density at radius 3 is 2.61 bits per heavy atom. The van der Waals surface area contributed by atoms with Crippen molar-refractivity contribution in [2.24, 2.45) is 0 Å². The Kier molecular flexibility index (Phi) is 4.76. The van der Waals surface area contributed by atoms with Crippen LogP contribution in [0.4, 0.5) is 4.39 Å². The van der Waals surface area contributed by atoms with E-state index in [1.165, 1.54) is 0 Å². The first-order chi connectivity index (χ1) is 10.6. The van der Waals surface area contributed by atoms with Gasteiger partial charge in [0.05, 0.1) is 11.1 Å². The molecular formula is C10H13BrFN3O8. The number of hydrogen-bond acceptors (Lipinski definition) is 9. The van der Waals surface area contributed by atoms with Crippen LogP contribution in [-0.4, -0.2) is 71.6 Å². The number of hydrogen-bond donors (Lipinski definition) is 6. The number of aliphatic hydroxyl groups excluding tert-OH is 2. The van der Waals surface area contributed by atoms with Gasteiger partial charge < -0.3 is 30.4 Å². The minimum Gasteiger partial charge on any atom is -0.394 e. The molecule has 0 amide bonds. The molecule has 23 heavy (non-hydrogen) atoms. The van der Waals surface area contributed by atoms with Crippen LogP contribution >= 0.6 is 15.9 Å². The molecule has 13 heteroatoms. The molecule has 0 radical (unpaired) electrons. The third-order valence-electron chi connectivity index (χ3n) is 3.47. The summed E-state index contributed by atoms with van der Waals surface area (Å²) in [7, 11) is 0. The van der Waals surface area contributed by atoms with Gasteiger partial charge in [-0.1, -0.05) is 0 Å². The van der Waals surface area contributed by atoms with Crippen LogP contribution in [0, 0.1) is 0 Å². The zero-order valence-corrected chi connectivity index (χ0v) is 12.8. The number of nitrogens with one attached hydrogen (secondary N) is 1. The van der Waals surface area contributed by atoms with Crippen molar-refractivity contribution in [2.45, 2.75) is 23.8 Å². The molecule has 1 aromatic heterocycles. The molecule has 130 valence electrons. The lowest BCUT2D eigenvalue weighted by Gasteiger charge is -2.40. The third kappa shape index (κ3) is 2.45. The molecule has 1 aliphatic rings. The predicted octanol–water partition coefficient (Wildman–Crippen LogP) is -3.04. The van der Waals surface area contributed by atoms with E-state index in [2.05, 4.69) is 15.9 Å². The van der Waals surface area contributed by atoms with Crippen molar-refractivity contribution in [3.05, 3.63) is 31.5 Å². The van der Waals surface area contributed by atoms with Gasteiger partial charge in [0.2, 0.25) is 5.72 Å². The van der Waals surface area contributed by atoms with E-state index >= 15 is 0 Å². The minimum absolute atomic E-state index is 0.218. The maximum Gasteiger partial charge on any atom is 0.332 e. The number of nitrogens with zero attached hydrogens (tertiary/aromatic N) is 2. The smallest absolute Gasteiger partial charge is 0.332 e. The van der Waals surface area contributed by atoms with Gasteiger partial charge in [0.1, 0.15) is 12.2 Å². The molecule has 0 saturated carbocycles. The number of H-pyrrole nitrogens is 1. The van der Waals surface area contributed by atoms with Crippen LogP contribution in [0.15, 0.2) is 20.3 Å². The number of aromatic amines is 1. The Morgan fingerprint density at radius 1 is 1.48 bits per heavy atom. The van der Waals surface area contributed by atoms with Gasteiger partial charge in [-0.3, -0.25) is 9.78 Å². The van der Waals surface area contributed by atoms with Gasteiger partial charge in [0.25, 0.3) is 5.56 Å². The molecule has 2 heterocycles. The average Bonchev–Trinajstić information content (AvgIpc) is 2.72. The largest absolute Gasteiger partial charge is 0.394 e. The summed E-state index contributed by atoms with van der Waals surface area (Å²) in [5.74, 6) is -3.23. The highest BCUT2D eigenvalue weighted by atomic mass is 79.9. The van der Waals surface area contributed by atoms with Gasteiger partial charge in [-0.25, -0.2) is 13.8 Å². The lowest BCUT2D eigenvalue weighted by molar-refractivity contribution is -0.416. The number of aliphatic hydroxyl groups is 4. The number of hydroxylamine groups is 2. The van der Waals surface area contributed by atoms with Gasteiger partial charge in [0.15, 0.2) is 6.80 Å². The van der Waals surface area contributed by atoms with Gasteiger partial charge in [-0.05, 0) is 15.9 Å². The molecule has 6 N–H and O–H groups in total. The lowest BCUT2D eigenvalue weighted by Crippen LogP contribution is -2.68. The zero-order chi connectivity index (χ0) is 17.6. The first-order valence-electron chi connectivity index (χ1n) is 6.09. The SMILES string of the molecule is O=c1[nH]c(=O)n([C@@]2(O)O[C@H](CO)[C@@H](O)[C@]2(O)N(O)CF)cc1Br. The van der Waals surface area contributed by atoms with E-state index in [4.69, 9.17) is 9.84 Å². The molecule has 4 atom stereocenters. The van der Waals surface area contributed by atoms with Crippen molar-refractivity contribution in [1.29, 1.82) is 0 Å². The second kappa shape index (κ2) is 6.03. The fourth-order valence-electron chi connectivity index (χ4n) is 2.27. The number of aromatic nitrogens is 2. The fraction of sp³-hybridized carbons (Fsp3) is 0.600. The molecule has 0 aliphatic carbocycles. The van der Waals surface area contributed by atoms with E-state index in [1.54, 1.807) is 4.98 Å². The molecule has 2 rings (SSSR count). The van der Waals surface area contributed by atoms with Crippen molar-refractivity contribution in [3.8, 4) is 0 Å². The summed E-state index contributed by atoms with van der Waals surface area (Å²) in [4.78, 5) is 25.0. The van der Waals surface area contributed by atoms with Crippen molar-refractivity contribution >= 4 is 15.9 Å². The number of ether oxygens (including phenoxy) is 1. The van der Waals surface area contributed by atoms with Crippen LogP contribution in [-0.2, 0) is 10.6 Å². The van der Waals surface area contributed by atoms with E-state index < -0.39 is 53.6 Å². The van der Waals surface area contributed by atoms with E-state index in [1.807, 2.05) is 0 Å². The van der Waals surface area contributed by atoms with Gasteiger partial charge in [-0.15, -0.1) is 5.06 Å². The average molecular weight is 402 g/mol. The highest BCUT2D eigenvalue weighted by molar-refractivity contribution is 9.10. The number of rotatable bonds is 4. The standard InChI is InChI=1S/C10H13BrFN3O8/c11-4-1-14(8(19)13-7(4)18)10(21)9(20,15(22)3-12)6(17)5(2-16)23-10/h1,5-6,16-17,20-22H,2-3H2,(H,13,18,19)/t5-,6-,9-,10+/m1/s1. The first-order valence-corrected chi connectivity index (χ1v) is 6.88. The molecule has 0 unspecified atom stereocenters. The van der Waals surface area contributed by atoms with Gasteiger partial charge in [-0.2, -0.15) is 0 Å². The summed E-state index contributed by atoms with van der Waals surface area (Å²) in [6.45, 7) is -2.71. The summed E-state index contributed by atoms with van der Waals surface area (Å²) in [6.07, 6.45) is -3.19. The molecule has 0 spiro atoms. The maximum atomic E-state index is 12.8. The highest BCUT2D eigenvalue weighted by Crippen LogP contribution is 2.42. The van der Waals surface area contributed by atoms with E-state index in [0.717, 1.165) is 0 Å². The van der Waals surface area contributed by atoms with Crippen LogP contribution in [0.2, 0.25) is 0 Å². The summed E-state index contributed by atoms with van der Waals surface area (Å²) >= 11 is 2.78. The number of alkyl halides is 1. The summed E-state index contributed by atoms with van der Waals surface area (Å²) < 4.78 is 17.6. The summed E-state index contributed by atoms with van der Waals surface area (Å²) in [5, 5.41) is 49.1. The third-order valence-corrected chi connectivity index (χ3v) is 4.04. The van der Waals surface area contributed by atoms with E-state index in [0.29, 0.717) is 6.20 Å². The van der Waals surface area contributed by atoms with E-state index in [-0.39, 0.29) is 9.04 Å². The van der Waals surface area contributed by atoms with Crippen LogP contribution in [0.1, 0.15) is 0 Å². The van der Waals surface area contributed by atoms with Crippen molar-refractivity contribution < 1.29 is 34.8 Å². The quantitative estimate of drug-likeness (QED) is 0.174. The molecule has 1 saturated heterocycles. The Morgan fingerprint density at radius 2 is 2.09 bits per heavy atom. The van der Waals surface area contributed by atoms with Crippen molar-refractivity contribution in [3.63, 3.8) is 0 Å². The van der Waals surface area contributed by atoms with Crippen LogP contribution in [0.3, 0.4) is 0 Å². The molecule has 11 nitrogen and oxygen atoms in total. The second-order valence-electron chi connectivity index (χ2n) is 4.74. The summed E-state index contributed by atoms with van der Waals surface area (Å²) in [5.41, 5.74) is -5.43. The van der Waals surface area contributed by atoms with Gasteiger partial charge >= 0.3 is 11.6 Å². The summed E-state index contributed by atoms with van der Waals surface area (Å²) in [6, 6.07) is 0. The van der Waals surface area contributed by atoms with Crippen LogP contribution < -0.4 is 11.2 Å². The maximum absolute atomic E-state index is 12.8. The zero-order valence-electron chi connectivity index (χ0n) is 11.3. The molecule has 1 aromatic rings. The fourth-order valence-corrected chi connectivity index (χ4v) is 2.57. The molecule has 1 fully saturated rings. The molecule has 1 aliphatic heterocycles. The Hall–Kier alpha value is -1.19. The molecular weight excluding hydrogens is 389 g/mol. The minimum atomic E-state index is -3.27. The van der Waals surface area contributed by atoms with Gasteiger partial charge in [0, 0.05) is 6.20 Å². The van der Waals surface area contributed by atoms with Crippen LogP contribution in [0.5, 0.6) is 0 Å². The number of halogens is 2. The van der Waals surface area contributed by atoms with Crippen LogP contribution in [0.25, 0.3) is 0 Å². The predicted molar refractivity (Wildman–Crippen MR) is 71.7 cm³/mol. The highest BCUT2D eigenvalue weighted by Gasteiger charge is 2.70. The lowest BCUT2D eigenvalue weighted by atomic mass is 10.0. The van der Waals surface area contributed by atoms with E-state index in [9.17, 15) is 34.5 Å².